The van der Waals surface area contributed by atoms with Crippen LogP contribution in [0.15, 0.2) is 52.5 Å². The highest BCUT2D eigenvalue weighted by Crippen LogP contribution is 2.20. The third-order valence-electron chi connectivity index (χ3n) is 4.89. The Morgan fingerprint density at radius 3 is 2.86 bits per heavy atom. The van der Waals surface area contributed by atoms with E-state index >= 15 is 0 Å². The van der Waals surface area contributed by atoms with Crippen LogP contribution in [0.25, 0.3) is 0 Å². The highest BCUT2D eigenvalue weighted by atomic mass is 32.1. The molecule has 2 aromatic heterocycles. The molecule has 1 atom stereocenters. The first-order valence-electron chi connectivity index (χ1n) is 9.47. The predicted molar refractivity (Wildman–Crippen MR) is 112 cm³/mol. The highest BCUT2D eigenvalue weighted by molar-refractivity contribution is 7.14. The number of carbonyl (C=O) groups excluding carboxylic acids is 2. The van der Waals surface area contributed by atoms with Crippen molar-refractivity contribution < 1.29 is 14.0 Å². The minimum absolute atomic E-state index is 0.0521. The van der Waals surface area contributed by atoms with Crippen LogP contribution in [0.3, 0.4) is 0 Å². The Morgan fingerprint density at radius 1 is 1.28 bits per heavy atom. The summed E-state index contributed by atoms with van der Waals surface area (Å²) in [5.41, 5.74) is 2.21. The van der Waals surface area contributed by atoms with Crippen LogP contribution >= 0.6 is 11.3 Å². The summed E-state index contributed by atoms with van der Waals surface area (Å²) in [6.07, 6.45) is 2.63. The maximum Gasteiger partial charge on any atom is 0.260 e. The lowest BCUT2D eigenvalue weighted by atomic mass is 10.2. The second-order valence-electron chi connectivity index (χ2n) is 7.00. The number of benzene rings is 1. The van der Waals surface area contributed by atoms with Gasteiger partial charge in [-0.2, -0.15) is 0 Å². The van der Waals surface area contributed by atoms with Crippen LogP contribution < -0.4 is 10.6 Å². The number of furan rings is 1. The number of likely N-dealkylation sites (tertiary alicyclic amines) is 1. The quantitative estimate of drug-likeness (QED) is 0.649. The van der Waals surface area contributed by atoms with Crippen molar-refractivity contribution in [3.8, 4) is 0 Å². The van der Waals surface area contributed by atoms with E-state index in [9.17, 15) is 9.59 Å². The molecular weight excluding hydrogens is 388 g/mol. The van der Waals surface area contributed by atoms with Crippen molar-refractivity contribution >= 4 is 34.0 Å². The molecule has 150 valence electrons. The number of hydrogen-bond donors (Lipinski definition) is 2. The zero-order valence-corrected chi connectivity index (χ0v) is 16.9. The van der Waals surface area contributed by atoms with Crippen molar-refractivity contribution in [2.45, 2.75) is 25.8 Å². The van der Waals surface area contributed by atoms with Crippen LogP contribution in [0, 0.1) is 6.92 Å². The van der Waals surface area contributed by atoms with Gasteiger partial charge in [0.2, 0.25) is 5.91 Å². The Hall–Kier alpha value is -3.13. The van der Waals surface area contributed by atoms with E-state index < -0.39 is 0 Å². The monoisotopic (exact) mass is 410 g/mol. The summed E-state index contributed by atoms with van der Waals surface area (Å²) in [5, 5.41) is 8.51. The van der Waals surface area contributed by atoms with Crippen LogP contribution in [0.4, 0.5) is 10.8 Å². The minimum Gasteiger partial charge on any atom is -0.469 e. The van der Waals surface area contributed by atoms with Gasteiger partial charge in [-0.05, 0) is 31.5 Å². The number of aromatic nitrogens is 1. The van der Waals surface area contributed by atoms with Gasteiger partial charge < -0.3 is 14.6 Å². The van der Waals surface area contributed by atoms with Gasteiger partial charge >= 0.3 is 0 Å². The molecule has 1 fully saturated rings. The zero-order chi connectivity index (χ0) is 20.2. The van der Waals surface area contributed by atoms with E-state index in [2.05, 4.69) is 15.6 Å². The van der Waals surface area contributed by atoms with Gasteiger partial charge in [0.1, 0.15) is 5.76 Å². The molecule has 3 aromatic rings. The number of anilines is 2. The first kappa shape index (κ1) is 19.2. The number of rotatable bonds is 6. The van der Waals surface area contributed by atoms with Crippen LogP contribution in [0.1, 0.15) is 28.2 Å². The van der Waals surface area contributed by atoms with Crippen molar-refractivity contribution in [1.82, 2.24) is 9.88 Å². The number of hydrogen-bond acceptors (Lipinski definition) is 6. The summed E-state index contributed by atoms with van der Waals surface area (Å²) in [4.78, 5) is 31.1. The molecule has 0 bridgehead atoms. The second-order valence-corrected chi connectivity index (χ2v) is 7.86. The molecule has 1 aliphatic heterocycles. The van der Waals surface area contributed by atoms with Crippen LogP contribution in [0.2, 0.25) is 0 Å². The van der Waals surface area contributed by atoms with E-state index in [1.807, 2.05) is 40.6 Å². The van der Waals surface area contributed by atoms with Crippen molar-refractivity contribution in [3.63, 3.8) is 0 Å². The molecule has 0 aliphatic carbocycles. The van der Waals surface area contributed by atoms with E-state index in [0.717, 1.165) is 18.7 Å². The molecule has 0 saturated carbocycles. The molecule has 1 saturated heterocycles. The van der Waals surface area contributed by atoms with Crippen LogP contribution in [0.5, 0.6) is 0 Å². The number of amides is 2. The van der Waals surface area contributed by atoms with Crippen molar-refractivity contribution in [2.24, 2.45) is 0 Å². The van der Waals surface area contributed by atoms with Crippen molar-refractivity contribution in [2.75, 3.05) is 23.7 Å². The normalized spacial score (nSPS) is 16.0. The van der Waals surface area contributed by atoms with Gasteiger partial charge in [0.05, 0.1) is 23.9 Å². The molecule has 7 nitrogen and oxygen atoms in total. The molecule has 0 spiro atoms. The smallest absolute Gasteiger partial charge is 0.260 e. The number of nitrogens with zero attached hydrogens (tertiary/aromatic N) is 2. The lowest BCUT2D eigenvalue weighted by molar-refractivity contribution is -0.129. The van der Waals surface area contributed by atoms with Crippen molar-refractivity contribution in [1.29, 1.82) is 0 Å². The topological polar surface area (TPSA) is 87.5 Å². The molecule has 1 aromatic carbocycles. The maximum atomic E-state index is 12.6. The summed E-state index contributed by atoms with van der Waals surface area (Å²) >= 11 is 1.31. The predicted octanol–water partition coefficient (Wildman–Crippen LogP) is 3.55. The molecule has 1 aliphatic rings. The lowest BCUT2D eigenvalue weighted by Gasteiger charge is -2.17. The Balaban J connectivity index is 1.29. The van der Waals surface area contributed by atoms with Gasteiger partial charge in [0.25, 0.3) is 5.91 Å². The molecule has 4 rings (SSSR count). The van der Waals surface area contributed by atoms with Gasteiger partial charge in [-0.3, -0.25) is 14.9 Å². The van der Waals surface area contributed by atoms with E-state index in [0.29, 0.717) is 28.7 Å². The lowest BCUT2D eigenvalue weighted by Crippen LogP contribution is -2.32. The molecule has 3 heterocycles. The SMILES string of the molecule is Cc1occc1C(=O)Nc1nc(CC(=O)N2CCC(Nc3ccccc3)C2)cs1. The first-order valence-corrected chi connectivity index (χ1v) is 10.4. The molecule has 29 heavy (non-hydrogen) atoms. The Kier molecular flexibility index (Phi) is 5.62. The fourth-order valence-corrected chi connectivity index (χ4v) is 4.08. The van der Waals surface area contributed by atoms with Crippen LogP contribution in [-0.4, -0.2) is 40.8 Å². The van der Waals surface area contributed by atoms with Gasteiger partial charge in [-0.1, -0.05) is 18.2 Å². The number of carbonyl (C=O) groups is 2. The summed E-state index contributed by atoms with van der Waals surface area (Å²) in [5.74, 6) is 0.344. The van der Waals surface area contributed by atoms with Gasteiger partial charge in [-0.15, -0.1) is 11.3 Å². The Bertz CT molecular complexity index is 998. The fourth-order valence-electron chi connectivity index (χ4n) is 3.37. The van der Waals surface area contributed by atoms with Crippen molar-refractivity contribution in [3.05, 3.63) is 65.1 Å². The van der Waals surface area contributed by atoms with Gasteiger partial charge in [-0.25, -0.2) is 4.98 Å². The van der Waals surface area contributed by atoms with E-state index in [4.69, 9.17) is 4.42 Å². The standard InChI is InChI=1S/C21H22N4O3S/c1-14-18(8-10-28-14)20(27)24-21-23-17(13-29-21)11-19(26)25-9-7-16(12-25)22-15-5-3-2-4-6-15/h2-6,8,10,13,16,22H,7,9,11-12H2,1H3,(H,23,24,27). The maximum absolute atomic E-state index is 12.6. The summed E-state index contributed by atoms with van der Waals surface area (Å²) in [6, 6.07) is 11.9. The number of nitrogens with one attached hydrogen (secondary N) is 2. The Morgan fingerprint density at radius 2 is 2.10 bits per heavy atom. The fraction of sp³-hybridized carbons (Fsp3) is 0.286. The summed E-state index contributed by atoms with van der Waals surface area (Å²) < 4.78 is 5.15. The van der Waals surface area contributed by atoms with E-state index in [-0.39, 0.29) is 24.3 Å². The molecule has 0 radical (unpaired) electrons. The number of para-hydroxylation sites is 1. The molecule has 2 amide bonds. The zero-order valence-electron chi connectivity index (χ0n) is 16.1. The largest absolute Gasteiger partial charge is 0.469 e. The average Bonchev–Trinajstić information content (AvgIpc) is 3.44. The van der Waals surface area contributed by atoms with Gasteiger partial charge in [0, 0.05) is 30.2 Å². The minimum atomic E-state index is -0.266. The molecule has 1 unspecified atom stereocenters. The van der Waals surface area contributed by atoms with Crippen LogP contribution in [-0.2, 0) is 11.2 Å². The highest BCUT2D eigenvalue weighted by Gasteiger charge is 2.26. The first-order chi connectivity index (χ1) is 14.1. The third-order valence-corrected chi connectivity index (χ3v) is 5.70. The Labute approximate surface area is 172 Å². The number of thiazole rings is 1. The number of aryl methyl sites for hydroxylation is 1. The molecule has 2 N–H and O–H groups in total. The third kappa shape index (κ3) is 4.65. The van der Waals surface area contributed by atoms with E-state index in [1.54, 1.807) is 13.0 Å². The summed E-state index contributed by atoms with van der Waals surface area (Å²) in [6.45, 7) is 3.15. The van der Waals surface area contributed by atoms with Gasteiger partial charge in [0.15, 0.2) is 5.13 Å². The average molecular weight is 410 g/mol. The summed E-state index contributed by atoms with van der Waals surface area (Å²) in [7, 11) is 0. The second kappa shape index (κ2) is 8.48. The molecule has 8 heteroatoms. The molecular formula is C21H22N4O3S. The van der Waals surface area contributed by atoms with E-state index in [1.165, 1.54) is 17.6 Å².